The predicted octanol–water partition coefficient (Wildman–Crippen LogP) is 2.59. The maximum Gasteiger partial charge on any atom is 0.276 e. The van der Waals surface area contributed by atoms with Crippen LogP contribution in [0.1, 0.15) is 75.4 Å². The maximum atomic E-state index is 13.2. The Morgan fingerprint density at radius 2 is 1.70 bits per heavy atom. The van der Waals surface area contributed by atoms with Gasteiger partial charge in [0, 0.05) is 56.4 Å². The van der Waals surface area contributed by atoms with Crippen molar-refractivity contribution in [1.29, 1.82) is 0 Å². The number of rotatable bonds is 3. The number of fused-ring (bicyclic) bond motifs is 1. The van der Waals surface area contributed by atoms with Crippen molar-refractivity contribution in [3.63, 3.8) is 0 Å². The zero-order chi connectivity index (χ0) is 25.6. The number of hydrogen-bond acceptors (Lipinski definition) is 9. The summed E-state index contributed by atoms with van der Waals surface area (Å²) in [5, 5.41) is 15.6. The minimum atomic E-state index is -0.513. The van der Waals surface area contributed by atoms with Gasteiger partial charge in [0.25, 0.3) is 11.8 Å². The average molecular weight is 526 g/mol. The van der Waals surface area contributed by atoms with Gasteiger partial charge in [0.1, 0.15) is 5.69 Å². The van der Waals surface area contributed by atoms with Crippen molar-refractivity contribution in [1.82, 2.24) is 34.6 Å². The number of likely N-dealkylation sites (tertiary alicyclic amines) is 2. The van der Waals surface area contributed by atoms with E-state index in [1.807, 2.05) is 35.1 Å². The van der Waals surface area contributed by atoms with Crippen molar-refractivity contribution in [2.45, 2.75) is 57.7 Å². The zero-order valence-corrected chi connectivity index (χ0v) is 22.0. The van der Waals surface area contributed by atoms with Gasteiger partial charge in [0.05, 0.1) is 29.6 Å². The van der Waals surface area contributed by atoms with Gasteiger partial charge in [-0.2, -0.15) is 5.10 Å². The Labute approximate surface area is 218 Å². The van der Waals surface area contributed by atoms with E-state index < -0.39 is 5.79 Å². The highest BCUT2D eigenvalue weighted by atomic mass is 32.1. The van der Waals surface area contributed by atoms with Crippen molar-refractivity contribution in [3.8, 4) is 0 Å². The largest absolute Gasteiger partial charge is 0.350 e. The van der Waals surface area contributed by atoms with E-state index in [1.165, 1.54) is 11.3 Å². The van der Waals surface area contributed by atoms with Gasteiger partial charge in [-0.1, -0.05) is 0 Å². The highest BCUT2D eigenvalue weighted by Crippen LogP contribution is 2.33. The van der Waals surface area contributed by atoms with Crippen LogP contribution < -0.4 is 0 Å². The summed E-state index contributed by atoms with van der Waals surface area (Å²) in [4.78, 5) is 34.7. The normalized spacial score (nSPS) is 20.6. The molecule has 3 fully saturated rings. The molecule has 0 atom stereocenters. The summed E-state index contributed by atoms with van der Waals surface area (Å²) in [5.74, 6) is -0.435. The summed E-state index contributed by atoms with van der Waals surface area (Å²) in [6.07, 6.45) is 3.90. The number of carbonyl (C=O) groups excluding carboxylic acids is 2. The van der Waals surface area contributed by atoms with Crippen LogP contribution in [0.5, 0.6) is 0 Å². The number of piperidine rings is 2. The second-order valence-electron chi connectivity index (χ2n) is 10.1. The minimum absolute atomic E-state index is 0.0286. The van der Waals surface area contributed by atoms with Crippen LogP contribution in [0.3, 0.4) is 0 Å². The number of aromatic nitrogens is 5. The average Bonchev–Trinajstić information content (AvgIpc) is 3.56. The quantitative estimate of drug-likeness (QED) is 0.513. The molecule has 196 valence electrons. The van der Waals surface area contributed by atoms with E-state index in [9.17, 15) is 9.59 Å². The van der Waals surface area contributed by atoms with E-state index in [4.69, 9.17) is 14.5 Å². The molecule has 3 aliphatic heterocycles. The molecular weight excluding hydrogens is 494 g/mol. The van der Waals surface area contributed by atoms with E-state index in [0.717, 1.165) is 43.2 Å². The maximum absolute atomic E-state index is 13.2. The molecule has 0 radical (unpaired) electrons. The van der Waals surface area contributed by atoms with Crippen LogP contribution in [0, 0.1) is 13.8 Å². The lowest BCUT2D eigenvalue weighted by atomic mass is 9.97. The lowest BCUT2D eigenvalue weighted by Gasteiger charge is -2.43. The molecule has 6 heterocycles. The van der Waals surface area contributed by atoms with Crippen LogP contribution in [0.4, 0.5) is 0 Å². The Kier molecular flexibility index (Phi) is 6.41. The van der Waals surface area contributed by atoms with Crippen molar-refractivity contribution < 1.29 is 19.1 Å². The second kappa shape index (κ2) is 9.73. The Morgan fingerprint density at radius 3 is 2.43 bits per heavy atom. The predicted molar refractivity (Wildman–Crippen MR) is 135 cm³/mol. The molecule has 3 saturated heterocycles. The number of ether oxygens (including phenoxy) is 2. The Morgan fingerprint density at radius 1 is 1.00 bits per heavy atom. The molecule has 11 nitrogen and oxygen atoms in total. The van der Waals surface area contributed by atoms with E-state index in [-0.39, 0.29) is 17.7 Å². The summed E-state index contributed by atoms with van der Waals surface area (Å²) in [5.41, 5.74) is 3.01. The first kappa shape index (κ1) is 24.4. The SMILES string of the molecule is Cc1cc2nnc(C(=O)N3CCC(c4nc(C(=O)N5CCC6(CC5)OCCCO6)cs4)CC3)c(C)n2n1. The highest BCUT2D eigenvalue weighted by molar-refractivity contribution is 7.09. The Bertz CT molecular complexity index is 1310. The third-order valence-electron chi connectivity index (χ3n) is 7.63. The summed E-state index contributed by atoms with van der Waals surface area (Å²) in [6.45, 7) is 7.62. The molecule has 1 spiro atoms. The lowest BCUT2D eigenvalue weighted by molar-refractivity contribution is -0.281. The molecule has 0 unspecified atom stereocenters. The molecule has 6 rings (SSSR count). The first-order chi connectivity index (χ1) is 17.9. The van der Waals surface area contributed by atoms with Gasteiger partial charge < -0.3 is 19.3 Å². The van der Waals surface area contributed by atoms with Crippen LogP contribution in [0.25, 0.3) is 5.65 Å². The molecule has 0 bridgehead atoms. The molecule has 12 heteroatoms. The molecular formula is C25H31N7O4S. The lowest BCUT2D eigenvalue weighted by Crippen LogP contribution is -2.51. The molecule has 0 N–H and O–H groups in total. The van der Waals surface area contributed by atoms with E-state index in [2.05, 4.69) is 15.3 Å². The molecule has 2 amide bonds. The van der Waals surface area contributed by atoms with Crippen LogP contribution >= 0.6 is 11.3 Å². The first-order valence-corrected chi connectivity index (χ1v) is 13.8. The van der Waals surface area contributed by atoms with Gasteiger partial charge >= 0.3 is 0 Å². The van der Waals surface area contributed by atoms with Crippen molar-refractivity contribution in [2.75, 3.05) is 39.4 Å². The molecule has 0 aromatic carbocycles. The van der Waals surface area contributed by atoms with Gasteiger partial charge in [-0.25, -0.2) is 9.50 Å². The van der Waals surface area contributed by atoms with Gasteiger partial charge in [-0.05, 0) is 33.1 Å². The van der Waals surface area contributed by atoms with Crippen LogP contribution in [-0.2, 0) is 9.47 Å². The fourth-order valence-corrected chi connectivity index (χ4v) is 6.41. The highest BCUT2D eigenvalue weighted by Gasteiger charge is 2.40. The summed E-state index contributed by atoms with van der Waals surface area (Å²) in [6, 6.07) is 1.84. The van der Waals surface area contributed by atoms with Crippen LogP contribution in [0.15, 0.2) is 11.4 Å². The third-order valence-corrected chi connectivity index (χ3v) is 8.64. The number of nitrogens with zero attached hydrogens (tertiary/aromatic N) is 7. The number of aryl methyl sites for hydroxylation is 2. The first-order valence-electron chi connectivity index (χ1n) is 12.9. The van der Waals surface area contributed by atoms with Crippen LogP contribution in [-0.4, -0.2) is 91.6 Å². The fraction of sp³-hybridized carbons (Fsp3) is 0.600. The van der Waals surface area contributed by atoms with Gasteiger partial charge in [-0.3, -0.25) is 9.59 Å². The van der Waals surface area contributed by atoms with E-state index in [0.29, 0.717) is 61.7 Å². The van der Waals surface area contributed by atoms with Gasteiger partial charge in [-0.15, -0.1) is 21.5 Å². The topological polar surface area (TPSA) is 115 Å². The number of hydrogen-bond donors (Lipinski definition) is 0. The summed E-state index contributed by atoms with van der Waals surface area (Å²) < 4.78 is 13.5. The fourth-order valence-electron chi connectivity index (χ4n) is 5.45. The smallest absolute Gasteiger partial charge is 0.276 e. The summed E-state index contributed by atoms with van der Waals surface area (Å²) in [7, 11) is 0. The van der Waals surface area contributed by atoms with Crippen molar-refractivity contribution in [2.24, 2.45) is 0 Å². The van der Waals surface area contributed by atoms with Crippen molar-refractivity contribution in [3.05, 3.63) is 39.2 Å². The molecule has 3 aliphatic rings. The summed E-state index contributed by atoms with van der Waals surface area (Å²) >= 11 is 1.54. The monoisotopic (exact) mass is 525 g/mol. The van der Waals surface area contributed by atoms with E-state index in [1.54, 1.807) is 4.52 Å². The van der Waals surface area contributed by atoms with Gasteiger partial charge in [0.2, 0.25) is 0 Å². The van der Waals surface area contributed by atoms with Crippen molar-refractivity contribution >= 4 is 28.8 Å². The number of amides is 2. The molecule has 3 aromatic rings. The second-order valence-corrected chi connectivity index (χ2v) is 11.0. The Hall–Kier alpha value is -2.96. The molecule has 37 heavy (non-hydrogen) atoms. The zero-order valence-electron chi connectivity index (χ0n) is 21.2. The number of thiazole rings is 1. The minimum Gasteiger partial charge on any atom is -0.350 e. The van der Waals surface area contributed by atoms with E-state index >= 15 is 0 Å². The standard InChI is InChI=1S/C25H31N7O4S/c1-16-14-20-27-28-21(17(2)32(20)29-16)24(34)30-8-4-18(5-9-30)22-26-19(15-37-22)23(33)31-10-6-25(7-11-31)35-12-3-13-36-25/h14-15,18H,3-13H2,1-2H3. The van der Waals surface area contributed by atoms with Gasteiger partial charge in [0.15, 0.2) is 17.1 Å². The van der Waals surface area contributed by atoms with Crippen LogP contribution in [0.2, 0.25) is 0 Å². The molecule has 3 aromatic heterocycles. The third kappa shape index (κ3) is 4.62. The molecule has 0 aliphatic carbocycles. The molecule has 0 saturated carbocycles. The number of carbonyl (C=O) groups is 2. The Balaban J connectivity index is 1.06.